The van der Waals surface area contributed by atoms with E-state index in [0.29, 0.717) is 25.6 Å². The van der Waals surface area contributed by atoms with Gasteiger partial charge in [-0.05, 0) is 36.5 Å². The van der Waals surface area contributed by atoms with Crippen LogP contribution in [0.15, 0.2) is 24.3 Å². The SMILES string of the molecule is COc1ccc(C2CCN(C(=O)C3CN(C(C)=O)CCO3)CC2)cc1. The number of nitrogens with zero attached hydrogens (tertiary/aromatic N) is 2. The fourth-order valence-corrected chi connectivity index (χ4v) is 3.60. The highest BCUT2D eigenvalue weighted by Crippen LogP contribution is 2.29. The number of benzene rings is 1. The predicted molar refractivity (Wildman–Crippen MR) is 93.5 cm³/mol. The second-order valence-corrected chi connectivity index (χ2v) is 6.70. The Bertz CT molecular complexity index is 608. The number of ether oxygens (including phenoxy) is 2. The van der Waals surface area contributed by atoms with Gasteiger partial charge in [-0.15, -0.1) is 0 Å². The highest BCUT2D eigenvalue weighted by molar-refractivity contribution is 5.82. The van der Waals surface area contributed by atoms with E-state index in [1.807, 2.05) is 17.0 Å². The zero-order valence-corrected chi connectivity index (χ0v) is 14.9. The minimum Gasteiger partial charge on any atom is -0.497 e. The average Bonchev–Trinajstić information content (AvgIpc) is 2.67. The Kier molecular flexibility index (Phi) is 5.58. The van der Waals surface area contributed by atoms with Crippen molar-refractivity contribution < 1.29 is 19.1 Å². The van der Waals surface area contributed by atoms with Crippen molar-refractivity contribution in [3.63, 3.8) is 0 Å². The number of hydrogen-bond acceptors (Lipinski definition) is 4. The third-order valence-electron chi connectivity index (χ3n) is 5.18. The third kappa shape index (κ3) is 4.12. The van der Waals surface area contributed by atoms with Crippen LogP contribution in [-0.2, 0) is 14.3 Å². The molecule has 1 aromatic carbocycles. The van der Waals surface area contributed by atoms with E-state index in [9.17, 15) is 9.59 Å². The van der Waals surface area contributed by atoms with Crippen molar-refractivity contribution in [2.24, 2.45) is 0 Å². The molecule has 2 amide bonds. The standard InChI is InChI=1S/C19H26N2O4/c1-14(22)21-11-12-25-18(13-21)19(23)20-9-7-16(8-10-20)15-3-5-17(24-2)6-4-15/h3-6,16,18H,7-13H2,1-2H3. The lowest BCUT2D eigenvalue weighted by Gasteiger charge is -2.37. The van der Waals surface area contributed by atoms with Crippen molar-refractivity contribution in [1.29, 1.82) is 0 Å². The lowest BCUT2D eigenvalue weighted by Crippen LogP contribution is -2.53. The Balaban J connectivity index is 1.54. The highest BCUT2D eigenvalue weighted by Gasteiger charge is 2.33. The van der Waals surface area contributed by atoms with Crippen LogP contribution >= 0.6 is 0 Å². The van der Waals surface area contributed by atoms with Gasteiger partial charge >= 0.3 is 0 Å². The molecule has 0 aromatic heterocycles. The summed E-state index contributed by atoms with van der Waals surface area (Å²) in [5, 5.41) is 0. The van der Waals surface area contributed by atoms with Gasteiger partial charge in [0, 0.05) is 26.6 Å². The van der Waals surface area contributed by atoms with Crippen molar-refractivity contribution in [3.8, 4) is 5.75 Å². The summed E-state index contributed by atoms with van der Waals surface area (Å²) in [4.78, 5) is 27.8. The van der Waals surface area contributed by atoms with Crippen molar-refractivity contribution in [1.82, 2.24) is 9.80 Å². The van der Waals surface area contributed by atoms with E-state index >= 15 is 0 Å². The Hall–Kier alpha value is -2.08. The fourth-order valence-electron chi connectivity index (χ4n) is 3.60. The lowest BCUT2D eigenvalue weighted by molar-refractivity contribution is -0.154. The number of piperidine rings is 1. The van der Waals surface area contributed by atoms with Crippen molar-refractivity contribution >= 4 is 11.8 Å². The first kappa shape index (κ1) is 17.7. The van der Waals surface area contributed by atoms with E-state index in [4.69, 9.17) is 9.47 Å². The van der Waals surface area contributed by atoms with Gasteiger partial charge in [0.25, 0.3) is 5.91 Å². The predicted octanol–water partition coefficient (Wildman–Crippen LogP) is 1.65. The van der Waals surface area contributed by atoms with Gasteiger partial charge in [0.2, 0.25) is 5.91 Å². The molecular formula is C19H26N2O4. The van der Waals surface area contributed by atoms with Gasteiger partial charge in [0.1, 0.15) is 5.75 Å². The molecule has 2 heterocycles. The zero-order valence-electron chi connectivity index (χ0n) is 14.9. The molecule has 0 spiro atoms. The summed E-state index contributed by atoms with van der Waals surface area (Å²) in [6, 6.07) is 8.18. The molecule has 136 valence electrons. The summed E-state index contributed by atoms with van der Waals surface area (Å²) < 4.78 is 10.8. The summed E-state index contributed by atoms with van der Waals surface area (Å²) in [6.45, 7) is 4.36. The van der Waals surface area contributed by atoms with Crippen LogP contribution in [0.25, 0.3) is 0 Å². The van der Waals surface area contributed by atoms with Gasteiger partial charge in [-0.25, -0.2) is 0 Å². The summed E-state index contributed by atoms with van der Waals surface area (Å²) >= 11 is 0. The number of rotatable bonds is 3. The number of likely N-dealkylation sites (tertiary alicyclic amines) is 1. The maximum atomic E-state index is 12.7. The highest BCUT2D eigenvalue weighted by atomic mass is 16.5. The van der Waals surface area contributed by atoms with Gasteiger partial charge in [0.05, 0.1) is 20.3 Å². The Morgan fingerprint density at radius 3 is 2.36 bits per heavy atom. The van der Waals surface area contributed by atoms with E-state index in [1.54, 1.807) is 12.0 Å². The topological polar surface area (TPSA) is 59.1 Å². The van der Waals surface area contributed by atoms with Gasteiger partial charge in [-0.2, -0.15) is 0 Å². The smallest absolute Gasteiger partial charge is 0.253 e. The molecule has 1 unspecified atom stereocenters. The molecular weight excluding hydrogens is 320 g/mol. The molecule has 1 atom stereocenters. The molecule has 6 nitrogen and oxygen atoms in total. The molecule has 0 bridgehead atoms. The normalized spacial score (nSPS) is 21.9. The molecule has 6 heteroatoms. The average molecular weight is 346 g/mol. The van der Waals surface area contributed by atoms with E-state index < -0.39 is 6.10 Å². The maximum Gasteiger partial charge on any atom is 0.253 e. The van der Waals surface area contributed by atoms with E-state index in [2.05, 4.69) is 12.1 Å². The number of methoxy groups -OCH3 is 1. The molecule has 2 aliphatic heterocycles. The quantitative estimate of drug-likeness (QED) is 0.835. The van der Waals surface area contributed by atoms with Crippen molar-refractivity contribution in [3.05, 3.63) is 29.8 Å². The number of morpholine rings is 1. The minimum atomic E-state index is -0.518. The second-order valence-electron chi connectivity index (χ2n) is 6.70. The van der Waals surface area contributed by atoms with Gasteiger partial charge in [-0.1, -0.05) is 12.1 Å². The maximum absolute atomic E-state index is 12.7. The molecule has 0 aliphatic carbocycles. The Morgan fingerprint density at radius 2 is 1.76 bits per heavy atom. The van der Waals surface area contributed by atoms with Gasteiger partial charge in [0.15, 0.2) is 6.10 Å². The summed E-state index contributed by atoms with van der Waals surface area (Å²) in [5.41, 5.74) is 1.30. The summed E-state index contributed by atoms with van der Waals surface area (Å²) in [7, 11) is 1.67. The number of amides is 2. The van der Waals surface area contributed by atoms with E-state index in [-0.39, 0.29) is 11.8 Å². The number of carbonyl (C=O) groups excluding carboxylic acids is 2. The van der Waals surface area contributed by atoms with Crippen molar-refractivity contribution in [2.75, 3.05) is 39.9 Å². The van der Waals surface area contributed by atoms with Gasteiger partial charge < -0.3 is 19.3 Å². The molecule has 0 N–H and O–H groups in total. The summed E-state index contributed by atoms with van der Waals surface area (Å²) in [5.74, 6) is 1.34. The second kappa shape index (κ2) is 7.87. The number of carbonyl (C=O) groups is 2. The van der Waals surface area contributed by atoms with Crippen molar-refractivity contribution in [2.45, 2.75) is 31.8 Å². The van der Waals surface area contributed by atoms with Crippen LogP contribution in [0, 0.1) is 0 Å². The van der Waals surface area contributed by atoms with Gasteiger partial charge in [-0.3, -0.25) is 9.59 Å². The molecule has 0 saturated carbocycles. The molecule has 25 heavy (non-hydrogen) atoms. The van der Waals surface area contributed by atoms with Crippen LogP contribution < -0.4 is 4.74 Å². The molecule has 2 aliphatic rings. The fraction of sp³-hybridized carbons (Fsp3) is 0.579. The first-order valence-corrected chi connectivity index (χ1v) is 8.88. The van der Waals surface area contributed by atoms with Crippen LogP contribution in [0.2, 0.25) is 0 Å². The molecule has 3 rings (SSSR count). The molecule has 2 fully saturated rings. The van der Waals surface area contributed by atoms with Crippen LogP contribution in [0.3, 0.4) is 0 Å². The van der Waals surface area contributed by atoms with E-state index in [0.717, 1.165) is 31.7 Å². The lowest BCUT2D eigenvalue weighted by atomic mass is 9.89. The van der Waals surface area contributed by atoms with Crippen LogP contribution in [0.4, 0.5) is 0 Å². The third-order valence-corrected chi connectivity index (χ3v) is 5.18. The van der Waals surface area contributed by atoms with E-state index in [1.165, 1.54) is 12.5 Å². The Labute approximate surface area is 148 Å². The summed E-state index contributed by atoms with van der Waals surface area (Å²) in [6.07, 6.45) is 1.37. The molecule has 0 radical (unpaired) electrons. The van der Waals surface area contributed by atoms with Crippen LogP contribution in [0.5, 0.6) is 5.75 Å². The monoisotopic (exact) mass is 346 g/mol. The molecule has 1 aromatic rings. The zero-order chi connectivity index (χ0) is 17.8. The largest absolute Gasteiger partial charge is 0.497 e. The first-order valence-electron chi connectivity index (χ1n) is 8.88. The minimum absolute atomic E-state index is 0.000635. The first-order chi connectivity index (χ1) is 12.1. The Morgan fingerprint density at radius 1 is 1.08 bits per heavy atom. The van der Waals surface area contributed by atoms with Crippen LogP contribution in [-0.4, -0.2) is 67.6 Å². The number of hydrogen-bond donors (Lipinski definition) is 0. The molecule has 2 saturated heterocycles. The van der Waals surface area contributed by atoms with Crippen LogP contribution in [0.1, 0.15) is 31.2 Å².